The summed E-state index contributed by atoms with van der Waals surface area (Å²) in [6.45, 7) is 0. The molecule has 0 saturated heterocycles. The lowest BCUT2D eigenvalue weighted by Gasteiger charge is -2.04. The van der Waals surface area contributed by atoms with Crippen molar-refractivity contribution in [2.45, 2.75) is 0 Å². The lowest BCUT2D eigenvalue weighted by Crippen LogP contribution is -1.99. The summed E-state index contributed by atoms with van der Waals surface area (Å²) in [7, 11) is 0. The van der Waals surface area contributed by atoms with E-state index in [0.717, 1.165) is 10.8 Å². The van der Waals surface area contributed by atoms with Crippen LogP contribution in [-0.4, -0.2) is 5.11 Å². The highest BCUT2D eigenvalue weighted by Crippen LogP contribution is 2.28. The molecular weight excluding hydrogens is 300 g/mol. The molecule has 0 aliphatic heterocycles. The Kier molecular flexibility index (Phi) is 2.48. The molecule has 3 rings (SSSR count). The van der Waals surface area contributed by atoms with Crippen LogP contribution in [0.25, 0.3) is 21.7 Å². The zero-order valence-corrected chi connectivity index (χ0v) is 10.6. The minimum atomic E-state index is -0.463. The van der Waals surface area contributed by atoms with Gasteiger partial charge in [-0.3, -0.25) is 0 Å². The van der Waals surface area contributed by atoms with Gasteiger partial charge in [0.05, 0.1) is 5.39 Å². The first-order chi connectivity index (χ1) is 8.69. The first-order valence-electron chi connectivity index (χ1n) is 5.17. The quantitative estimate of drug-likeness (QED) is 0.553. The molecule has 1 heterocycles. The van der Waals surface area contributed by atoms with E-state index in [9.17, 15) is 9.90 Å². The van der Waals surface area contributed by atoms with Crippen LogP contribution in [0.2, 0.25) is 0 Å². The van der Waals surface area contributed by atoms with Crippen molar-refractivity contribution < 1.29 is 13.4 Å². The van der Waals surface area contributed by atoms with E-state index in [1.807, 2.05) is 0 Å². The first-order valence-corrected chi connectivity index (χ1v) is 5.82. The van der Waals surface area contributed by atoms with Crippen LogP contribution in [0.4, 0.5) is 0 Å². The third-order valence-corrected chi connectivity index (χ3v) is 3.13. The molecule has 0 bridgehead atoms. The van der Waals surface area contributed by atoms with E-state index in [0.29, 0.717) is 16.7 Å². The zero-order chi connectivity index (χ0) is 12.7. The van der Waals surface area contributed by atoms with Crippen molar-refractivity contribution in [1.29, 1.82) is 0 Å². The van der Waals surface area contributed by atoms with E-state index in [4.69, 9.17) is 8.25 Å². The molecule has 0 fully saturated rings. The molecule has 1 aromatic heterocycles. The van der Waals surface area contributed by atoms with Gasteiger partial charge in [0, 0.05) is 16.8 Å². The van der Waals surface area contributed by atoms with Crippen molar-refractivity contribution in [1.82, 2.24) is 0 Å². The number of aromatic hydroxyl groups is 1. The second kappa shape index (κ2) is 4.03. The van der Waals surface area contributed by atoms with Crippen LogP contribution in [0.3, 0.4) is 0 Å². The van der Waals surface area contributed by atoms with Gasteiger partial charge in [-0.15, -0.1) is 0 Å². The van der Waals surface area contributed by atoms with Crippen LogP contribution in [0.15, 0.2) is 45.6 Å². The van der Waals surface area contributed by atoms with Gasteiger partial charge in [0.2, 0.25) is 0 Å². The van der Waals surface area contributed by atoms with Crippen LogP contribution in [0.1, 0.15) is 0 Å². The Morgan fingerprint density at radius 3 is 2.61 bits per heavy atom. The summed E-state index contributed by atoms with van der Waals surface area (Å²) in [6, 6.07) is 9.81. The molecule has 0 amide bonds. The summed E-state index contributed by atoms with van der Waals surface area (Å²) in [5, 5.41) is 11.3. The number of halogens is 1. The Morgan fingerprint density at radius 1 is 1.06 bits per heavy atom. The molecule has 0 atom stereocenters. The standard InChI is InChI=1S/C13H7BrO4/c14-18-8-2-4-9-10-3-1-7(15)5-12(10)17-13(16)11(9)6-8/h1-6,15H. The Bertz CT molecular complexity index is 807. The number of phenolic OH excluding ortho intramolecular Hbond substituents is 1. The van der Waals surface area contributed by atoms with Crippen LogP contribution >= 0.6 is 16.3 Å². The fraction of sp³-hybridized carbons (Fsp3) is 0. The molecule has 0 saturated carbocycles. The topological polar surface area (TPSA) is 59.7 Å². The lowest BCUT2D eigenvalue weighted by atomic mass is 10.1. The highest BCUT2D eigenvalue weighted by molar-refractivity contribution is 9.06. The molecule has 0 radical (unpaired) electrons. The number of rotatable bonds is 1. The molecule has 1 N–H and O–H groups in total. The highest BCUT2D eigenvalue weighted by Gasteiger charge is 2.09. The smallest absolute Gasteiger partial charge is 0.344 e. The molecular formula is C13H7BrO4. The zero-order valence-electron chi connectivity index (χ0n) is 9.01. The molecule has 0 aliphatic rings. The number of benzene rings is 2. The Balaban J connectivity index is 2.51. The third-order valence-electron chi connectivity index (χ3n) is 2.76. The average Bonchev–Trinajstić information content (AvgIpc) is 2.38. The van der Waals surface area contributed by atoms with Crippen molar-refractivity contribution in [3.05, 3.63) is 46.8 Å². The van der Waals surface area contributed by atoms with Crippen molar-refractivity contribution in [3.63, 3.8) is 0 Å². The number of phenols is 1. The van der Waals surface area contributed by atoms with Crippen LogP contribution in [-0.2, 0) is 0 Å². The summed E-state index contributed by atoms with van der Waals surface area (Å²) in [4.78, 5) is 11.9. The van der Waals surface area contributed by atoms with Gasteiger partial charge in [0.1, 0.15) is 17.1 Å². The third kappa shape index (κ3) is 1.64. The Morgan fingerprint density at radius 2 is 1.83 bits per heavy atom. The molecule has 2 aromatic carbocycles. The van der Waals surface area contributed by atoms with Crippen LogP contribution in [0, 0.1) is 0 Å². The van der Waals surface area contributed by atoms with E-state index in [1.165, 1.54) is 6.07 Å². The molecule has 0 unspecified atom stereocenters. The molecule has 4 nitrogen and oxygen atoms in total. The second-order valence-electron chi connectivity index (χ2n) is 3.85. The Labute approximate surface area is 110 Å². The maximum atomic E-state index is 11.9. The van der Waals surface area contributed by atoms with Crippen molar-refractivity contribution in [2.24, 2.45) is 0 Å². The molecule has 0 spiro atoms. The molecule has 0 aliphatic carbocycles. The predicted molar refractivity (Wildman–Crippen MR) is 71.2 cm³/mol. The SMILES string of the molecule is O=c1oc2cc(O)ccc2c2ccc(OBr)cc12. The number of fused-ring (bicyclic) bond motifs is 3. The van der Waals surface area contributed by atoms with Gasteiger partial charge in [-0.25, -0.2) is 4.79 Å². The molecule has 90 valence electrons. The van der Waals surface area contributed by atoms with Gasteiger partial charge >= 0.3 is 5.63 Å². The van der Waals surface area contributed by atoms with Gasteiger partial charge in [-0.05, 0) is 30.3 Å². The van der Waals surface area contributed by atoms with E-state index in [-0.39, 0.29) is 5.75 Å². The second-order valence-corrected chi connectivity index (χ2v) is 4.18. The van der Waals surface area contributed by atoms with Gasteiger partial charge < -0.3 is 13.4 Å². The minimum absolute atomic E-state index is 0.0606. The van der Waals surface area contributed by atoms with Gasteiger partial charge in [-0.1, -0.05) is 0 Å². The van der Waals surface area contributed by atoms with Crippen molar-refractivity contribution >= 4 is 38.0 Å². The Hall–Kier alpha value is -2.01. The van der Waals surface area contributed by atoms with Crippen LogP contribution < -0.4 is 9.45 Å². The van der Waals surface area contributed by atoms with Crippen molar-refractivity contribution in [3.8, 4) is 11.5 Å². The summed E-state index contributed by atoms with van der Waals surface area (Å²) in [5.41, 5.74) is -0.102. The number of hydrogen-bond donors (Lipinski definition) is 1. The van der Waals surface area contributed by atoms with Gasteiger partial charge in [0.15, 0.2) is 16.3 Å². The maximum absolute atomic E-state index is 11.9. The van der Waals surface area contributed by atoms with Crippen molar-refractivity contribution in [2.75, 3.05) is 0 Å². The van der Waals surface area contributed by atoms with E-state index < -0.39 is 5.63 Å². The van der Waals surface area contributed by atoms with Gasteiger partial charge in [-0.2, -0.15) is 0 Å². The number of hydrogen-bond acceptors (Lipinski definition) is 4. The normalized spacial score (nSPS) is 10.9. The minimum Gasteiger partial charge on any atom is -0.508 e. The van der Waals surface area contributed by atoms with E-state index in [1.54, 1.807) is 30.3 Å². The predicted octanol–water partition coefficient (Wildman–Crippen LogP) is 3.34. The summed E-state index contributed by atoms with van der Waals surface area (Å²) >= 11 is 2.86. The maximum Gasteiger partial charge on any atom is 0.344 e. The fourth-order valence-electron chi connectivity index (χ4n) is 1.95. The molecule has 18 heavy (non-hydrogen) atoms. The fourth-order valence-corrected chi connectivity index (χ4v) is 2.15. The van der Waals surface area contributed by atoms with Crippen LogP contribution in [0.5, 0.6) is 11.5 Å². The summed E-state index contributed by atoms with van der Waals surface area (Å²) in [6.07, 6.45) is 0. The summed E-state index contributed by atoms with van der Waals surface area (Å²) in [5.74, 6) is 0.582. The van der Waals surface area contributed by atoms with E-state index in [2.05, 4.69) is 16.3 Å². The lowest BCUT2D eigenvalue weighted by molar-refractivity contribution is 0.473. The van der Waals surface area contributed by atoms with E-state index >= 15 is 0 Å². The highest BCUT2D eigenvalue weighted by atomic mass is 79.9. The summed E-state index contributed by atoms with van der Waals surface area (Å²) < 4.78 is 10.1. The monoisotopic (exact) mass is 306 g/mol. The molecule has 5 heteroatoms. The largest absolute Gasteiger partial charge is 0.508 e. The molecule has 3 aromatic rings. The average molecular weight is 307 g/mol. The first kappa shape index (κ1) is 11.1. The van der Waals surface area contributed by atoms with Gasteiger partial charge in [0.25, 0.3) is 0 Å².